The van der Waals surface area contributed by atoms with Crippen LogP contribution in [0.3, 0.4) is 0 Å². The first kappa shape index (κ1) is 39.8. The second kappa shape index (κ2) is 16.9. The summed E-state index contributed by atoms with van der Waals surface area (Å²) in [4.78, 5) is 14.3. The van der Waals surface area contributed by atoms with Gasteiger partial charge < -0.3 is 14.0 Å². The van der Waals surface area contributed by atoms with Crippen molar-refractivity contribution in [2.45, 2.75) is 53.3 Å². The zero-order chi connectivity index (χ0) is 38.8. The van der Waals surface area contributed by atoms with E-state index in [-0.39, 0.29) is 20.1 Å². The topological polar surface area (TPSA) is 56.7 Å². The molecule has 0 saturated heterocycles. The van der Waals surface area contributed by atoms with E-state index >= 15 is 0 Å². The van der Waals surface area contributed by atoms with Crippen molar-refractivity contribution >= 4 is 46.4 Å². The van der Waals surface area contributed by atoms with E-state index in [4.69, 9.17) is 14.4 Å². The molecule has 287 valence electrons. The first-order chi connectivity index (χ1) is 27.2. The molecule has 1 unspecified atom stereocenters. The minimum atomic E-state index is -1.35. The molecule has 57 heavy (non-hydrogen) atoms. The fraction of sp³-hybridized carbons (Fsp3) is 0.180. The zero-order valence-electron chi connectivity index (χ0n) is 33.3. The summed E-state index contributed by atoms with van der Waals surface area (Å²) >= 11 is 0. The van der Waals surface area contributed by atoms with Crippen LogP contribution >= 0.6 is 0 Å². The Bertz CT molecular complexity index is 2770. The molecule has 0 aliphatic carbocycles. The van der Waals surface area contributed by atoms with Crippen LogP contribution in [0, 0.1) is 25.0 Å². The van der Waals surface area contributed by atoms with E-state index in [1.807, 2.05) is 67.6 Å². The number of aryl methyl sites for hydroxylation is 1. The van der Waals surface area contributed by atoms with Gasteiger partial charge in [-0.05, 0) is 77.7 Å². The van der Waals surface area contributed by atoms with Crippen molar-refractivity contribution in [1.82, 2.24) is 19.5 Å². The van der Waals surface area contributed by atoms with Crippen LogP contribution in [0.1, 0.15) is 31.5 Å². The summed E-state index contributed by atoms with van der Waals surface area (Å²) in [6, 6.07) is 52.3. The molecular formula is C50H46IrN4OSi-2. The molecule has 1 radical (unpaired) electrons. The summed E-state index contributed by atoms with van der Waals surface area (Å²) in [7, 11) is -1.35. The molecule has 7 heteroatoms. The molecule has 9 rings (SSSR count). The molecule has 0 saturated carbocycles. The Morgan fingerprint density at radius 1 is 0.754 bits per heavy atom. The van der Waals surface area contributed by atoms with E-state index in [1.54, 1.807) is 0 Å². The molecule has 0 aliphatic heterocycles. The van der Waals surface area contributed by atoms with Gasteiger partial charge in [0.25, 0.3) is 0 Å². The number of para-hydroxylation sites is 2. The van der Waals surface area contributed by atoms with Crippen molar-refractivity contribution in [1.29, 1.82) is 0 Å². The molecule has 4 heterocycles. The predicted octanol–water partition coefficient (Wildman–Crippen LogP) is 12.4. The van der Waals surface area contributed by atoms with Crippen molar-refractivity contribution in [2.24, 2.45) is 5.92 Å². The number of imidazole rings is 1. The molecule has 1 atom stereocenters. The van der Waals surface area contributed by atoms with Crippen molar-refractivity contribution < 1.29 is 24.5 Å². The SMILES string of the molecule is CCC(C)Cc1cc(-c2[c-]cccc2)ncc1[Si](C)(C)C.Cc1ccc2c(n1)oc1c(-c3nc4ccccc4n3-c3ccc(-c4ccccc4)cc3)[c-]ccc12.[Ir]. The van der Waals surface area contributed by atoms with Gasteiger partial charge in [0.05, 0.1) is 30.5 Å². The fourth-order valence-electron chi connectivity index (χ4n) is 7.33. The van der Waals surface area contributed by atoms with Crippen LogP contribution in [0.5, 0.6) is 0 Å². The van der Waals surface area contributed by atoms with E-state index < -0.39 is 8.07 Å². The summed E-state index contributed by atoms with van der Waals surface area (Å²) in [6.07, 6.45) is 4.50. The zero-order valence-corrected chi connectivity index (χ0v) is 36.7. The first-order valence-electron chi connectivity index (χ1n) is 19.5. The molecule has 0 amide bonds. The average Bonchev–Trinajstić information content (AvgIpc) is 3.79. The molecule has 0 bridgehead atoms. The Morgan fingerprint density at radius 2 is 1.49 bits per heavy atom. The van der Waals surface area contributed by atoms with Gasteiger partial charge in [-0.15, -0.1) is 54.1 Å². The summed E-state index contributed by atoms with van der Waals surface area (Å²) < 4.78 is 8.47. The largest absolute Gasteiger partial charge is 0.486 e. The van der Waals surface area contributed by atoms with Crippen molar-refractivity contribution in [3.05, 3.63) is 163 Å². The second-order valence-electron chi connectivity index (χ2n) is 15.6. The summed E-state index contributed by atoms with van der Waals surface area (Å²) in [5.74, 6) is 1.51. The summed E-state index contributed by atoms with van der Waals surface area (Å²) in [6.45, 7) is 13.8. The van der Waals surface area contributed by atoms with E-state index in [9.17, 15) is 0 Å². The third-order valence-corrected chi connectivity index (χ3v) is 12.6. The van der Waals surface area contributed by atoms with Gasteiger partial charge in [0.1, 0.15) is 0 Å². The molecule has 5 aromatic carbocycles. The van der Waals surface area contributed by atoms with Gasteiger partial charge in [0.15, 0.2) is 0 Å². The minimum absolute atomic E-state index is 0. The third-order valence-electron chi connectivity index (χ3n) is 10.5. The quantitative estimate of drug-likeness (QED) is 0.112. The monoisotopic (exact) mass is 939 g/mol. The molecule has 0 spiro atoms. The van der Waals surface area contributed by atoms with E-state index in [2.05, 4.69) is 134 Å². The first-order valence-corrected chi connectivity index (χ1v) is 23.0. The summed E-state index contributed by atoms with van der Waals surface area (Å²) in [5, 5.41) is 3.51. The Balaban J connectivity index is 0.000000195. The molecule has 0 N–H and O–H groups in total. The normalized spacial score (nSPS) is 12.0. The number of pyridine rings is 2. The van der Waals surface area contributed by atoms with Gasteiger partial charge >= 0.3 is 0 Å². The van der Waals surface area contributed by atoms with Crippen LogP contribution in [-0.2, 0) is 26.5 Å². The second-order valence-corrected chi connectivity index (χ2v) is 20.7. The molecule has 0 aliphatic rings. The molecule has 0 fully saturated rings. The third kappa shape index (κ3) is 8.33. The number of hydrogen-bond donors (Lipinski definition) is 0. The van der Waals surface area contributed by atoms with Crippen LogP contribution in [0.15, 0.2) is 144 Å². The molecule has 5 nitrogen and oxygen atoms in total. The van der Waals surface area contributed by atoms with Crippen LogP contribution in [0.4, 0.5) is 0 Å². The Morgan fingerprint density at radius 3 is 2.23 bits per heavy atom. The van der Waals surface area contributed by atoms with Gasteiger partial charge in [-0.3, -0.25) is 4.98 Å². The van der Waals surface area contributed by atoms with E-state index in [1.165, 1.54) is 28.3 Å². The van der Waals surface area contributed by atoms with Crippen LogP contribution in [0.2, 0.25) is 19.6 Å². The van der Waals surface area contributed by atoms with Crippen molar-refractivity contribution in [3.8, 4) is 39.5 Å². The molecule has 4 aromatic heterocycles. The number of benzene rings is 5. The molecular weight excluding hydrogens is 893 g/mol. The average molecular weight is 939 g/mol. The number of hydrogen-bond acceptors (Lipinski definition) is 4. The number of aromatic nitrogens is 4. The predicted molar refractivity (Wildman–Crippen MR) is 235 cm³/mol. The number of rotatable bonds is 8. The smallest absolute Gasteiger partial charge is 0.216 e. The maximum absolute atomic E-state index is 6.29. The molecule has 9 aromatic rings. The van der Waals surface area contributed by atoms with Crippen molar-refractivity contribution in [2.75, 3.05) is 0 Å². The number of fused-ring (bicyclic) bond motifs is 4. The van der Waals surface area contributed by atoms with Crippen molar-refractivity contribution in [3.63, 3.8) is 0 Å². The fourth-order valence-corrected chi connectivity index (χ4v) is 8.92. The number of furan rings is 1. The van der Waals surface area contributed by atoms with Crippen LogP contribution in [0.25, 0.3) is 72.6 Å². The van der Waals surface area contributed by atoms with Gasteiger partial charge in [-0.25, -0.2) is 4.98 Å². The maximum atomic E-state index is 6.29. The Hall–Kier alpha value is -5.46. The van der Waals surface area contributed by atoms with Gasteiger partial charge in [0, 0.05) is 43.1 Å². The van der Waals surface area contributed by atoms with E-state index in [0.29, 0.717) is 5.71 Å². The summed E-state index contributed by atoms with van der Waals surface area (Å²) in [5.41, 5.74) is 12.1. The standard InChI is InChI=1S/C31H20N3O.C19H26NSi.Ir/c1-20-14-19-25-24-10-7-11-26(29(24)35-31(25)32-20)30-33-27-12-5-6-13-28(27)34(30)23-17-15-22(16-18-23)21-8-3-2-4-9-21;1-6-15(2)12-17-13-18(16-10-8-7-9-11-16)20-14-19(17)21(3,4)5;/h2-10,12-19H,1H3;7-10,13-15H,6,12H2,1-5H3;/q2*-1;. The Labute approximate surface area is 350 Å². The van der Waals surface area contributed by atoms with E-state index in [0.717, 1.165) is 73.8 Å². The van der Waals surface area contributed by atoms with Gasteiger partial charge in [0.2, 0.25) is 5.71 Å². The van der Waals surface area contributed by atoms with Gasteiger partial charge in [-0.1, -0.05) is 117 Å². The minimum Gasteiger partial charge on any atom is -0.486 e. The Kier molecular flexibility index (Phi) is 11.8. The van der Waals surface area contributed by atoms with Gasteiger partial charge in [-0.2, -0.15) is 0 Å². The van der Waals surface area contributed by atoms with Crippen LogP contribution in [-0.4, -0.2) is 27.6 Å². The number of nitrogens with zero attached hydrogens (tertiary/aromatic N) is 4. The maximum Gasteiger partial charge on any atom is 0.216 e. The van der Waals surface area contributed by atoms with Crippen LogP contribution < -0.4 is 5.19 Å².